The summed E-state index contributed by atoms with van der Waals surface area (Å²) in [4.78, 5) is 9.24. The Bertz CT molecular complexity index is 601. The van der Waals surface area contributed by atoms with Crippen LogP contribution in [0.1, 0.15) is 39.6 Å². The van der Waals surface area contributed by atoms with Crippen molar-refractivity contribution >= 4 is 22.8 Å². The van der Waals surface area contributed by atoms with Gasteiger partial charge in [-0.3, -0.25) is 0 Å². The molecule has 110 valence electrons. The SMILES string of the molecule is COc1ccc2nc(CCCl)n(C(C)C(C)(C)C)c2n1. The molecule has 2 aromatic rings. The highest BCUT2D eigenvalue weighted by molar-refractivity contribution is 6.17. The Morgan fingerprint density at radius 1 is 1.30 bits per heavy atom. The van der Waals surface area contributed by atoms with Gasteiger partial charge in [0, 0.05) is 24.4 Å². The summed E-state index contributed by atoms with van der Waals surface area (Å²) in [5, 5.41) is 0. The first-order valence-electron chi connectivity index (χ1n) is 6.86. The zero-order valence-electron chi connectivity index (χ0n) is 12.8. The molecular formula is C15H22ClN3O. The summed E-state index contributed by atoms with van der Waals surface area (Å²) in [7, 11) is 1.63. The minimum Gasteiger partial charge on any atom is -0.481 e. The summed E-state index contributed by atoms with van der Waals surface area (Å²) in [5.41, 5.74) is 1.87. The fourth-order valence-corrected chi connectivity index (χ4v) is 2.34. The summed E-state index contributed by atoms with van der Waals surface area (Å²) in [6, 6.07) is 4.06. The average Bonchev–Trinajstić information content (AvgIpc) is 2.74. The molecule has 20 heavy (non-hydrogen) atoms. The van der Waals surface area contributed by atoms with Gasteiger partial charge in [-0.15, -0.1) is 11.6 Å². The van der Waals surface area contributed by atoms with Crippen LogP contribution in [0.25, 0.3) is 11.2 Å². The summed E-state index contributed by atoms with van der Waals surface area (Å²) in [6.07, 6.45) is 0.737. The summed E-state index contributed by atoms with van der Waals surface area (Å²) < 4.78 is 7.43. The average molecular weight is 296 g/mol. The van der Waals surface area contributed by atoms with Gasteiger partial charge in [0.1, 0.15) is 11.3 Å². The van der Waals surface area contributed by atoms with E-state index in [1.54, 1.807) is 7.11 Å². The molecule has 5 heteroatoms. The van der Waals surface area contributed by atoms with Crippen molar-refractivity contribution in [1.82, 2.24) is 14.5 Å². The highest BCUT2D eigenvalue weighted by Crippen LogP contribution is 2.34. The van der Waals surface area contributed by atoms with E-state index in [2.05, 4.69) is 42.2 Å². The lowest BCUT2D eigenvalue weighted by Gasteiger charge is -2.30. The third-order valence-electron chi connectivity index (χ3n) is 3.75. The van der Waals surface area contributed by atoms with Crippen LogP contribution >= 0.6 is 11.6 Å². The summed E-state index contributed by atoms with van der Waals surface area (Å²) in [6.45, 7) is 8.84. The Balaban J connectivity index is 2.66. The molecule has 0 aliphatic heterocycles. The minimum absolute atomic E-state index is 0.111. The first-order chi connectivity index (χ1) is 9.38. The lowest BCUT2D eigenvalue weighted by atomic mass is 9.87. The van der Waals surface area contributed by atoms with E-state index in [4.69, 9.17) is 16.3 Å². The number of fused-ring (bicyclic) bond motifs is 1. The zero-order chi connectivity index (χ0) is 14.9. The first-order valence-corrected chi connectivity index (χ1v) is 7.39. The van der Waals surface area contributed by atoms with Gasteiger partial charge in [-0.2, -0.15) is 4.98 Å². The van der Waals surface area contributed by atoms with Crippen molar-refractivity contribution < 1.29 is 4.74 Å². The van der Waals surface area contributed by atoms with E-state index in [1.807, 2.05) is 12.1 Å². The van der Waals surface area contributed by atoms with Crippen LogP contribution in [0.4, 0.5) is 0 Å². The van der Waals surface area contributed by atoms with Gasteiger partial charge in [0.25, 0.3) is 0 Å². The van der Waals surface area contributed by atoms with Gasteiger partial charge in [-0.25, -0.2) is 4.98 Å². The Morgan fingerprint density at radius 2 is 2.00 bits per heavy atom. The lowest BCUT2D eigenvalue weighted by molar-refractivity contribution is 0.261. The largest absolute Gasteiger partial charge is 0.481 e. The van der Waals surface area contributed by atoms with Crippen LogP contribution in [0, 0.1) is 5.41 Å². The minimum atomic E-state index is 0.111. The molecule has 0 N–H and O–H groups in total. The molecule has 1 atom stereocenters. The molecule has 2 heterocycles. The number of hydrogen-bond donors (Lipinski definition) is 0. The predicted molar refractivity (Wildman–Crippen MR) is 82.7 cm³/mol. The number of alkyl halides is 1. The number of pyridine rings is 1. The normalized spacial score (nSPS) is 13.7. The van der Waals surface area contributed by atoms with Crippen LogP contribution in [0.3, 0.4) is 0 Å². The number of halogens is 1. The second-order valence-corrected chi connectivity index (χ2v) is 6.45. The van der Waals surface area contributed by atoms with Crippen LogP contribution in [-0.4, -0.2) is 27.5 Å². The lowest BCUT2D eigenvalue weighted by Crippen LogP contribution is -2.23. The fourth-order valence-electron chi connectivity index (χ4n) is 2.17. The molecule has 0 spiro atoms. The van der Waals surface area contributed by atoms with Gasteiger partial charge in [-0.1, -0.05) is 20.8 Å². The highest BCUT2D eigenvalue weighted by atomic mass is 35.5. The van der Waals surface area contributed by atoms with E-state index in [1.165, 1.54) is 0 Å². The van der Waals surface area contributed by atoms with Gasteiger partial charge in [0.2, 0.25) is 5.88 Å². The smallest absolute Gasteiger partial charge is 0.215 e. The summed E-state index contributed by atoms with van der Waals surface area (Å²) in [5.74, 6) is 2.15. The van der Waals surface area contributed by atoms with E-state index in [0.29, 0.717) is 11.8 Å². The van der Waals surface area contributed by atoms with Crippen molar-refractivity contribution in [2.75, 3.05) is 13.0 Å². The molecule has 0 aliphatic rings. The van der Waals surface area contributed by atoms with Crippen molar-refractivity contribution in [3.05, 3.63) is 18.0 Å². The molecule has 0 radical (unpaired) electrons. The molecule has 0 aliphatic carbocycles. The second kappa shape index (κ2) is 5.60. The number of imidazole rings is 1. The number of rotatable bonds is 4. The quantitative estimate of drug-likeness (QED) is 0.805. The molecule has 0 saturated carbocycles. The predicted octanol–water partition coefficient (Wildman–Crippen LogP) is 3.83. The van der Waals surface area contributed by atoms with E-state index in [0.717, 1.165) is 23.4 Å². The first kappa shape index (κ1) is 15.1. The topological polar surface area (TPSA) is 39.9 Å². The van der Waals surface area contributed by atoms with Gasteiger partial charge < -0.3 is 9.30 Å². The number of ether oxygens (including phenoxy) is 1. The molecule has 2 rings (SSSR count). The molecule has 0 bridgehead atoms. The van der Waals surface area contributed by atoms with Crippen LogP contribution in [0.2, 0.25) is 0 Å². The van der Waals surface area contributed by atoms with Crippen LogP contribution in [0.15, 0.2) is 12.1 Å². The van der Waals surface area contributed by atoms with E-state index >= 15 is 0 Å². The monoisotopic (exact) mass is 295 g/mol. The molecule has 0 fully saturated rings. The number of aryl methyl sites for hydroxylation is 1. The van der Waals surface area contributed by atoms with E-state index in [9.17, 15) is 0 Å². The van der Waals surface area contributed by atoms with Crippen LogP contribution in [-0.2, 0) is 6.42 Å². The molecule has 4 nitrogen and oxygen atoms in total. The van der Waals surface area contributed by atoms with Gasteiger partial charge >= 0.3 is 0 Å². The Labute approximate surface area is 125 Å². The Morgan fingerprint density at radius 3 is 2.55 bits per heavy atom. The second-order valence-electron chi connectivity index (χ2n) is 6.08. The van der Waals surface area contributed by atoms with Gasteiger partial charge in [0.15, 0.2) is 5.65 Å². The molecular weight excluding hydrogens is 274 g/mol. The molecule has 0 saturated heterocycles. The molecule has 2 aromatic heterocycles. The van der Waals surface area contributed by atoms with E-state index < -0.39 is 0 Å². The Kier molecular flexibility index (Phi) is 4.23. The van der Waals surface area contributed by atoms with Crippen molar-refractivity contribution in [3.63, 3.8) is 0 Å². The van der Waals surface area contributed by atoms with Crippen molar-refractivity contribution in [2.24, 2.45) is 5.41 Å². The fraction of sp³-hybridized carbons (Fsp3) is 0.600. The number of hydrogen-bond acceptors (Lipinski definition) is 3. The number of nitrogens with zero attached hydrogens (tertiary/aromatic N) is 3. The Hall–Kier alpha value is -1.29. The van der Waals surface area contributed by atoms with Crippen molar-refractivity contribution in [1.29, 1.82) is 0 Å². The van der Waals surface area contributed by atoms with Crippen LogP contribution in [0.5, 0.6) is 5.88 Å². The number of methoxy groups -OCH3 is 1. The molecule has 1 unspecified atom stereocenters. The third-order valence-corrected chi connectivity index (χ3v) is 3.94. The zero-order valence-corrected chi connectivity index (χ0v) is 13.5. The van der Waals surface area contributed by atoms with Crippen LogP contribution < -0.4 is 4.74 Å². The van der Waals surface area contributed by atoms with Crippen molar-refractivity contribution in [2.45, 2.75) is 40.2 Å². The maximum absolute atomic E-state index is 5.91. The van der Waals surface area contributed by atoms with Gasteiger partial charge in [-0.05, 0) is 18.4 Å². The molecule has 0 amide bonds. The van der Waals surface area contributed by atoms with Gasteiger partial charge in [0.05, 0.1) is 7.11 Å². The molecule has 0 aromatic carbocycles. The maximum Gasteiger partial charge on any atom is 0.215 e. The maximum atomic E-state index is 5.91. The van der Waals surface area contributed by atoms with E-state index in [-0.39, 0.29) is 11.5 Å². The summed E-state index contributed by atoms with van der Waals surface area (Å²) >= 11 is 5.91. The number of aromatic nitrogens is 3. The third kappa shape index (κ3) is 2.75. The standard InChI is InChI=1S/C15H22ClN3O/c1-10(15(2,3)4)19-12(8-9-16)17-11-6-7-13(20-5)18-14(11)19/h6-7,10H,8-9H2,1-5H3. The highest BCUT2D eigenvalue weighted by Gasteiger charge is 2.26. The van der Waals surface area contributed by atoms with Crippen molar-refractivity contribution in [3.8, 4) is 5.88 Å².